The fraction of sp³-hybridized carbons (Fsp3) is 0.143. The quantitative estimate of drug-likeness (QED) is 0.883. The van der Waals surface area contributed by atoms with Crippen molar-refractivity contribution in [1.82, 2.24) is 0 Å². The van der Waals surface area contributed by atoms with E-state index in [1.54, 1.807) is 37.3 Å². The molecule has 0 fully saturated rings. The topological polar surface area (TPSA) is 79.5 Å². The van der Waals surface area contributed by atoms with Gasteiger partial charge in [0, 0.05) is 5.69 Å². The second-order valence-electron chi connectivity index (χ2n) is 4.07. The molecule has 0 spiro atoms. The highest BCUT2D eigenvalue weighted by atomic mass is 16.4. The fourth-order valence-corrected chi connectivity index (χ4v) is 1.77. The lowest BCUT2D eigenvalue weighted by Crippen LogP contribution is -2.14. The highest BCUT2D eigenvalue weighted by Crippen LogP contribution is 2.18. The van der Waals surface area contributed by atoms with Gasteiger partial charge in [0.05, 0.1) is 18.2 Å². The predicted octanol–water partition coefficient (Wildman–Crippen LogP) is 2.47. The lowest BCUT2D eigenvalue weighted by Gasteiger charge is -2.09. The maximum atomic E-state index is 12.0. The number of hydrogen-bond acceptors (Lipinski definition) is 3. The summed E-state index contributed by atoms with van der Waals surface area (Å²) < 4.78 is 5.06. The van der Waals surface area contributed by atoms with E-state index in [2.05, 4.69) is 5.32 Å². The fourth-order valence-electron chi connectivity index (χ4n) is 1.77. The van der Waals surface area contributed by atoms with Gasteiger partial charge < -0.3 is 14.8 Å². The Hall–Kier alpha value is -2.56. The van der Waals surface area contributed by atoms with Gasteiger partial charge in [-0.15, -0.1) is 0 Å². The van der Waals surface area contributed by atoms with Crippen molar-refractivity contribution < 1.29 is 19.1 Å². The highest BCUT2D eigenvalue weighted by Gasteiger charge is 2.14. The number of aliphatic carboxylic acids is 1. The molecule has 0 bridgehead atoms. The number of amides is 1. The Kier molecular flexibility index (Phi) is 3.66. The van der Waals surface area contributed by atoms with Gasteiger partial charge in [0.1, 0.15) is 5.76 Å². The summed E-state index contributed by atoms with van der Waals surface area (Å²) in [6.45, 7) is 1.69. The van der Waals surface area contributed by atoms with Crippen molar-refractivity contribution in [3.63, 3.8) is 0 Å². The van der Waals surface area contributed by atoms with Crippen LogP contribution in [-0.2, 0) is 11.2 Å². The normalized spacial score (nSPS) is 10.2. The number of furan rings is 1. The molecule has 1 amide bonds. The summed E-state index contributed by atoms with van der Waals surface area (Å²) in [7, 11) is 0. The Balaban J connectivity index is 2.22. The van der Waals surface area contributed by atoms with E-state index < -0.39 is 5.97 Å². The Labute approximate surface area is 109 Å². The first kappa shape index (κ1) is 12.9. The second-order valence-corrected chi connectivity index (χ2v) is 4.07. The molecular weight excluding hydrogens is 246 g/mol. The van der Waals surface area contributed by atoms with Crippen LogP contribution in [0.5, 0.6) is 0 Å². The van der Waals surface area contributed by atoms with Gasteiger partial charge >= 0.3 is 5.97 Å². The number of aryl methyl sites for hydroxylation is 1. The van der Waals surface area contributed by atoms with Gasteiger partial charge in [0.15, 0.2) is 0 Å². The SMILES string of the molecule is Cc1occc1C(=O)Nc1ccccc1CC(=O)O. The Morgan fingerprint density at radius 3 is 2.63 bits per heavy atom. The Morgan fingerprint density at radius 1 is 1.26 bits per heavy atom. The number of para-hydroxylation sites is 1. The maximum Gasteiger partial charge on any atom is 0.307 e. The summed E-state index contributed by atoms with van der Waals surface area (Å²) in [6, 6.07) is 8.39. The minimum Gasteiger partial charge on any atom is -0.481 e. The van der Waals surface area contributed by atoms with Crippen LogP contribution in [0.1, 0.15) is 21.7 Å². The van der Waals surface area contributed by atoms with E-state index in [4.69, 9.17) is 9.52 Å². The number of carbonyl (C=O) groups is 2. The monoisotopic (exact) mass is 259 g/mol. The number of carboxylic acid groups (broad SMARTS) is 1. The highest BCUT2D eigenvalue weighted by molar-refractivity contribution is 6.05. The van der Waals surface area contributed by atoms with Crippen LogP contribution in [0.3, 0.4) is 0 Å². The lowest BCUT2D eigenvalue weighted by molar-refractivity contribution is -0.136. The van der Waals surface area contributed by atoms with Gasteiger partial charge in [-0.3, -0.25) is 9.59 Å². The molecular formula is C14H13NO4. The van der Waals surface area contributed by atoms with E-state index >= 15 is 0 Å². The van der Waals surface area contributed by atoms with Crippen LogP contribution in [0.4, 0.5) is 5.69 Å². The summed E-state index contributed by atoms with van der Waals surface area (Å²) >= 11 is 0. The molecule has 1 heterocycles. The van der Waals surface area contributed by atoms with Crippen molar-refractivity contribution in [1.29, 1.82) is 0 Å². The maximum absolute atomic E-state index is 12.0. The number of nitrogens with one attached hydrogen (secondary N) is 1. The zero-order valence-corrected chi connectivity index (χ0v) is 10.3. The third-order valence-electron chi connectivity index (χ3n) is 2.71. The number of rotatable bonds is 4. The van der Waals surface area contributed by atoms with E-state index in [0.29, 0.717) is 22.6 Å². The zero-order valence-electron chi connectivity index (χ0n) is 10.3. The molecule has 19 heavy (non-hydrogen) atoms. The van der Waals surface area contributed by atoms with Gasteiger partial charge in [-0.05, 0) is 24.6 Å². The van der Waals surface area contributed by atoms with Crippen molar-refractivity contribution >= 4 is 17.6 Å². The first-order chi connectivity index (χ1) is 9.08. The van der Waals surface area contributed by atoms with Crippen molar-refractivity contribution in [2.24, 2.45) is 0 Å². The van der Waals surface area contributed by atoms with Gasteiger partial charge in [-0.2, -0.15) is 0 Å². The first-order valence-electron chi connectivity index (χ1n) is 5.73. The third-order valence-corrected chi connectivity index (χ3v) is 2.71. The Bertz CT molecular complexity index is 615. The standard InChI is InChI=1S/C14H13NO4/c1-9-11(6-7-19-9)14(18)15-12-5-3-2-4-10(12)8-13(16)17/h2-7H,8H2,1H3,(H,15,18)(H,16,17). The van der Waals surface area contributed by atoms with Crippen LogP contribution in [0, 0.1) is 6.92 Å². The number of anilines is 1. The van der Waals surface area contributed by atoms with E-state index in [9.17, 15) is 9.59 Å². The zero-order chi connectivity index (χ0) is 13.8. The van der Waals surface area contributed by atoms with Crippen molar-refractivity contribution in [3.05, 3.63) is 53.5 Å². The molecule has 1 aromatic carbocycles. The predicted molar refractivity (Wildman–Crippen MR) is 69.2 cm³/mol. The molecule has 0 aliphatic heterocycles. The van der Waals surface area contributed by atoms with Gasteiger partial charge in [-0.1, -0.05) is 18.2 Å². The molecule has 2 N–H and O–H groups in total. The van der Waals surface area contributed by atoms with Gasteiger partial charge in [0.2, 0.25) is 0 Å². The molecule has 2 rings (SSSR count). The first-order valence-corrected chi connectivity index (χ1v) is 5.73. The van der Waals surface area contributed by atoms with Crippen LogP contribution in [0.2, 0.25) is 0 Å². The lowest BCUT2D eigenvalue weighted by atomic mass is 10.1. The minimum absolute atomic E-state index is 0.138. The molecule has 2 aromatic rings. The van der Waals surface area contributed by atoms with Crippen LogP contribution in [0.15, 0.2) is 41.0 Å². The average Bonchev–Trinajstić information content (AvgIpc) is 2.77. The molecule has 5 nitrogen and oxygen atoms in total. The van der Waals surface area contributed by atoms with Gasteiger partial charge in [-0.25, -0.2) is 0 Å². The molecule has 0 radical (unpaired) electrons. The largest absolute Gasteiger partial charge is 0.481 e. The van der Waals surface area contributed by atoms with Crippen molar-refractivity contribution in [2.75, 3.05) is 5.32 Å². The number of carbonyl (C=O) groups excluding carboxylic acids is 1. The molecule has 0 saturated carbocycles. The van der Waals surface area contributed by atoms with Crippen LogP contribution >= 0.6 is 0 Å². The molecule has 0 unspecified atom stereocenters. The van der Waals surface area contributed by atoms with Crippen LogP contribution < -0.4 is 5.32 Å². The summed E-state index contributed by atoms with van der Waals surface area (Å²) in [5.74, 6) is -0.738. The summed E-state index contributed by atoms with van der Waals surface area (Å²) in [5, 5.41) is 11.5. The third kappa shape index (κ3) is 3.01. The van der Waals surface area contributed by atoms with E-state index in [1.807, 2.05) is 0 Å². The van der Waals surface area contributed by atoms with Crippen LogP contribution in [0.25, 0.3) is 0 Å². The second kappa shape index (κ2) is 5.39. The molecule has 5 heteroatoms. The number of carboxylic acids is 1. The summed E-state index contributed by atoms with van der Waals surface area (Å²) in [6.07, 6.45) is 1.30. The van der Waals surface area contributed by atoms with Crippen molar-refractivity contribution in [3.8, 4) is 0 Å². The molecule has 0 aliphatic rings. The molecule has 0 aliphatic carbocycles. The van der Waals surface area contributed by atoms with E-state index in [1.165, 1.54) is 6.26 Å². The van der Waals surface area contributed by atoms with Crippen molar-refractivity contribution in [2.45, 2.75) is 13.3 Å². The average molecular weight is 259 g/mol. The smallest absolute Gasteiger partial charge is 0.307 e. The summed E-state index contributed by atoms with van der Waals surface area (Å²) in [4.78, 5) is 22.8. The molecule has 1 aromatic heterocycles. The van der Waals surface area contributed by atoms with Gasteiger partial charge in [0.25, 0.3) is 5.91 Å². The number of benzene rings is 1. The molecule has 0 saturated heterocycles. The molecule has 0 atom stereocenters. The van der Waals surface area contributed by atoms with E-state index in [0.717, 1.165) is 0 Å². The van der Waals surface area contributed by atoms with Crippen LogP contribution in [-0.4, -0.2) is 17.0 Å². The minimum atomic E-state index is -0.943. The summed E-state index contributed by atoms with van der Waals surface area (Å²) in [5.41, 5.74) is 1.49. The molecule has 98 valence electrons. The number of hydrogen-bond donors (Lipinski definition) is 2. The Morgan fingerprint density at radius 2 is 2.00 bits per heavy atom. The van der Waals surface area contributed by atoms with E-state index in [-0.39, 0.29) is 12.3 Å².